The zero-order valence-electron chi connectivity index (χ0n) is 9.79. The maximum atomic E-state index is 10.2. The summed E-state index contributed by atoms with van der Waals surface area (Å²) in [6, 6.07) is 0. The molecule has 0 aromatic rings. The van der Waals surface area contributed by atoms with Crippen LogP contribution in [0.25, 0.3) is 0 Å². The molecule has 2 N–H and O–H groups in total. The third kappa shape index (κ3) is 20.8. The molecule has 15 heavy (non-hydrogen) atoms. The zero-order chi connectivity index (χ0) is 10.2. The van der Waals surface area contributed by atoms with Gasteiger partial charge in [0.1, 0.15) is 0 Å². The summed E-state index contributed by atoms with van der Waals surface area (Å²) in [5.41, 5.74) is 0. The third-order valence-corrected chi connectivity index (χ3v) is 2.79. The predicted molar refractivity (Wildman–Crippen MR) is 56.2 cm³/mol. The normalized spacial score (nSPS) is 10.3. The van der Waals surface area contributed by atoms with Crippen LogP contribution in [0.15, 0.2) is 0 Å². The van der Waals surface area contributed by atoms with Crippen LogP contribution in [0.1, 0.15) is 51.9 Å². The van der Waals surface area contributed by atoms with Crippen molar-refractivity contribution in [2.75, 3.05) is 5.75 Å². The maximum Gasteiger partial charge on any atom is 1.00 e. The fourth-order valence-corrected chi connectivity index (χ4v) is 1.79. The smallest absolute Gasteiger partial charge is 0.748 e. The minimum Gasteiger partial charge on any atom is -0.748 e. The molecule has 0 spiro atoms. The molecule has 0 rings (SSSR count). The van der Waals surface area contributed by atoms with Crippen LogP contribution in [0, 0.1) is 0 Å². The van der Waals surface area contributed by atoms with Gasteiger partial charge in [0.15, 0.2) is 0 Å². The molecule has 88 valence electrons. The molecular weight excluding hydrogens is 227 g/mol. The molecule has 0 bridgehead atoms. The molecule has 0 amide bonds. The SMILES string of the molecule is CCCCCCCCCS(=O)(=O)[O-].O.[Na+]. The molecule has 0 heterocycles. The quantitative estimate of drug-likeness (QED) is 0.296. The van der Waals surface area contributed by atoms with Crippen LogP contribution < -0.4 is 29.6 Å². The molecule has 0 radical (unpaired) electrons. The average Bonchev–Trinajstić information content (AvgIpc) is 2.01. The summed E-state index contributed by atoms with van der Waals surface area (Å²) in [4.78, 5) is 0. The van der Waals surface area contributed by atoms with Crippen LogP contribution in [0.4, 0.5) is 0 Å². The maximum absolute atomic E-state index is 10.2. The van der Waals surface area contributed by atoms with Gasteiger partial charge in [0, 0.05) is 5.75 Å². The van der Waals surface area contributed by atoms with Crippen molar-refractivity contribution >= 4 is 10.1 Å². The minimum atomic E-state index is -3.97. The van der Waals surface area contributed by atoms with E-state index in [1.165, 1.54) is 19.3 Å². The van der Waals surface area contributed by atoms with Gasteiger partial charge in [0.2, 0.25) is 0 Å². The van der Waals surface area contributed by atoms with Gasteiger partial charge >= 0.3 is 29.6 Å². The Labute approximate surface area is 115 Å². The zero-order valence-corrected chi connectivity index (χ0v) is 12.6. The Morgan fingerprint density at radius 2 is 1.33 bits per heavy atom. The van der Waals surface area contributed by atoms with Crippen molar-refractivity contribution in [3.05, 3.63) is 0 Å². The minimum absolute atomic E-state index is 0. The summed E-state index contributed by atoms with van der Waals surface area (Å²) < 4.78 is 30.6. The average molecular weight is 248 g/mol. The van der Waals surface area contributed by atoms with E-state index >= 15 is 0 Å². The van der Waals surface area contributed by atoms with Gasteiger partial charge in [-0.25, -0.2) is 8.42 Å². The third-order valence-electron chi connectivity index (χ3n) is 2.00. The Balaban J connectivity index is -0.000000720. The first-order valence-electron chi connectivity index (χ1n) is 5.00. The van der Waals surface area contributed by atoms with E-state index in [1.807, 2.05) is 0 Å². The van der Waals surface area contributed by atoms with E-state index in [4.69, 9.17) is 0 Å². The summed E-state index contributed by atoms with van der Waals surface area (Å²) in [5, 5.41) is 0. The van der Waals surface area contributed by atoms with Gasteiger partial charge in [-0.15, -0.1) is 0 Å². The monoisotopic (exact) mass is 248 g/mol. The van der Waals surface area contributed by atoms with Crippen molar-refractivity contribution in [1.29, 1.82) is 0 Å². The molecule has 4 nitrogen and oxygen atoms in total. The largest absolute Gasteiger partial charge is 1.00 e. The summed E-state index contributed by atoms with van der Waals surface area (Å²) in [7, 11) is -3.97. The van der Waals surface area contributed by atoms with Crippen molar-refractivity contribution in [2.45, 2.75) is 51.9 Å². The molecule has 0 saturated carbocycles. The van der Waals surface area contributed by atoms with Crippen LogP contribution in [-0.4, -0.2) is 24.2 Å². The molecule has 0 saturated heterocycles. The summed E-state index contributed by atoms with van der Waals surface area (Å²) in [5.74, 6) is -0.194. The van der Waals surface area contributed by atoms with Gasteiger partial charge in [0.05, 0.1) is 10.1 Å². The summed E-state index contributed by atoms with van der Waals surface area (Å²) in [6.45, 7) is 2.16. The van der Waals surface area contributed by atoms with Gasteiger partial charge < -0.3 is 10.0 Å². The van der Waals surface area contributed by atoms with Crippen molar-refractivity contribution < 1.29 is 48.0 Å². The van der Waals surface area contributed by atoms with E-state index in [1.54, 1.807) is 0 Å². The Bertz CT molecular complexity index is 204. The van der Waals surface area contributed by atoms with Crippen molar-refractivity contribution in [1.82, 2.24) is 0 Å². The Morgan fingerprint density at radius 1 is 0.933 bits per heavy atom. The van der Waals surface area contributed by atoms with E-state index in [0.717, 1.165) is 19.3 Å². The number of hydrogen-bond donors (Lipinski definition) is 0. The Morgan fingerprint density at radius 3 is 1.73 bits per heavy atom. The van der Waals surface area contributed by atoms with Gasteiger partial charge in [-0.05, 0) is 6.42 Å². The number of hydrogen-bond acceptors (Lipinski definition) is 3. The molecule has 0 aromatic carbocycles. The van der Waals surface area contributed by atoms with E-state index in [9.17, 15) is 13.0 Å². The standard InChI is InChI=1S/C9H20O3S.Na.H2O/c1-2-3-4-5-6-7-8-9-13(10,11)12;;/h2-9H2,1H3,(H,10,11,12);;1H2/q;+1;/p-1. The van der Waals surface area contributed by atoms with Crippen LogP contribution in [0.5, 0.6) is 0 Å². The fraction of sp³-hybridized carbons (Fsp3) is 1.00. The predicted octanol–water partition coefficient (Wildman–Crippen LogP) is -1.54. The molecule has 0 aliphatic rings. The molecule has 0 aromatic heterocycles. The number of unbranched alkanes of at least 4 members (excludes halogenated alkanes) is 6. The van der Waals surface area contributed by atoms with Gasteiger partial charge in [-0.3, -0.25) is 0 Å². The van der Waals surface area contributed by atoms with E-state index in [0.29, 0.717) is 6.42 Å². The van der Waals surface area contributed by atoms with Crippen LogP contribution >= 0.6 is 0 Å². The molecule has 0 atom stereocenters. The van der Waals surface area contributed by atoms with Gasteiger partial charge in [-0.1, -0.05) is 45.4 Å². The topological polar surface area (TPSA) is 88.7 Å². The van der Waals surface area contributed by atoms with Gasteiger partial charge in [0.25, 0.3) is 0 Å². The Hall–Kier alpha value is 0.870. The number of rotatable bonds is 8. The van der Waals surface area contributed by atoms with Crippen LogP contribution in [0.3, 0.4) is 0 Å². The molecule has 0 aliphatic heterocycles. The first-order chi connectivity index (χ1) is 6.06. The van der Waals surface area contributed by atoms with Crippen molar-refractivity contribution in [2.24, 2.45) is 0 Å². The second-order valence-corrected chi connectivity index (χ2v) is 4.91. The van der Waals surface area contributed by atoms with Crippen LogP contribution in [0.2, 0.25) is 0 Å². The summed E-state index contributed by atoms with van der Waals surface area (Å²) in [6.07, 6.45) is 7.29. The fourth-order valence-electron chi connectivity index (χ4n) is 1.24. The van der Waals surface area contributed by atoms with Gasteiger partial charge in [-0.2, -0.15) is 0 Å². The molecule has 0 fully saturated rings. The first-order valence-corrected chi connectivity index (χ1v) is 6.57. The van der Waals surface area contributed by atoms with Crippen LogP contribution in [-0.2, 0) is 10.1 Å². The second-order valence-electron chi connectivity index (χ2n) is 3.38. The Kier molecular flexibility index (Phi) is 18.3. The van der Waals surface area contributed by atoms with Crippen molar-refractivity contribution in [3.8, 4) is 0 Å². The molecular formula is C9H21NaO4S. The van der Waals surface area contributed by atoms with Crippen molar-refractivity contribution in [3.63, 3.8) is 0 Å². The molecule has 0 aliphatic carbocycles. The van der Waals surface area contributed by atoms with E-state index in [-0.39, 0.29) is 40.8 Å². The summed E-state index contributed by atoms with van der Waals surface area (Å²) >= 11 is 0. The van der Waals surface area contributed by atoms with E-state index < -0.39 is 10.1 Å². The molecule has 6 heteroatoms. The second kappa shape index (κ2) is 12.9. The first kappa shape index (κ1) is 21.2. The van der Waals surface area contributed by atoms with E-state index in [2.05, 4.69) is 6.92 Å². The molecule has 0 unspecified atom stereocenters.